The average Bonchev–Trinajstić information content (AvgIpc) is 2.74. The van der Waals surface area contributed by atoms with Gasteiger partial charge in [-0.1, -0.05) is 0 Å². The third-order valence-corrected chi connectivity index (χ3v) is 3.11. The summed E-state index contributed by atoms with van der Waals surface area (Å²) < 4.78 is 6.34. The molecule has 1 aliphatic rings. The molecule has 1 fully saturated rings. The van der Waals surface area contributed by atoms with Crippen LogP contribution < -0.4 is 11.0 Å². The largest absolute Gasteiger partial charge is 0.394 e. The second-order valence-electron chi connectivity index (χ2n) is 4.58. The molecule has 0 radical (unpaired) electrons. The molecule has 21 heavy (non-hydrogen) atoms. The predicted octanol–water partition coefficient (Wildman–Crippen LogP) is -1.41. The first-order chi connectivity index (χ1) is 9.97. The fourth-order valence-electron chi connectivity index (χ4n) is 2.14. The molecule has 2 heterocycles. The molecule has 9 nitrogen and oxygen atoms in total. The number of nitriles is 1. The van der Waals surface area contributed by atoms with Crippen LogP contribution in [0.5, 0.6) is 0 Å². The molecule has 1 amide bonds. The molecule has 0 spiro atoms. The Hall–Kier alpha value is -2.28. The van der Waals surface area contributed by atoms with Crippen LogP contribution in [0.1, 0.15) is 13.2 Å². The number of anilines is 1. The fraction of sp³-hybridized carbons (Fsp3) is 0.500. The Kier molecular flexibility index (Phi) is 4.32. The summed E-state index contributed by atoms with van der Waals surface area (Å²) in [6, 6.07) is 3.21. The number of ether oxygens (including phenoxy) is 1. The van der Waals surface area contributed by atoms with Gasteiger partial charge in [0.2, 0.25) is 5.91 Å². The summed E-state index contributed by atoms with van der Waals surface area (Å²) in [5.74, 6) is -1.24. The Morgan fingerprint density at radius 2 is 2.38 bits per heavy atom. The lowest BCUT2D eigenvalue weighted by Crippen LogP contribution is -2.33. The number of aliphatic hydroxyl groups is 2. The van der Waals surface area contributed by atoms with Crippen molar-refractivity contribution >= 4 is 11.7 Å². The number of hydrogen-bond donors (Lipinski definition) is 3. The maximum atomic E-state index is 11.9. The predicted molar refractivity (Wildman–Crippen MR) is 68.9 cm³/mol. The number of rotatable bonds is 3. The van der Waals surface area contributed by atoms with E-state index < -0.39 is 36.7 Å². The highest BCUT2D eigenvalue weighted by Crippen LogP contribution is 2.32. The highest BCUT2D eigenvalue weighted by Gasteiger charge is 2.45. The number of aliphatic hydroxyl groups excluding tert-OH is 2. The molecule has 0 bridgehead atoms. The summed E-state index contributed by atoms with van der Waals surface area (Å²) in [4.78, 5) is 26.4. The molecule has 1 aliphatic heterocycles. The van der Waals surface area contributed by atoms with E-state index in [1.807, 2.05) is 6.07 Å². The van der Waals surface area contributed by atoms with Crippen molar-refractivity contribution in [2.24, 2.45) is 5.92 Å². The molecule has 1 saturated heterocycles. The third kappa shape index (κ3) is 2.92. The number of amides is 1. The molecule has 0 aliphatic carbocycles. The van der Waals surface area contributed by atoms with Gasteiger partial charge in [-0.2, -0.15) is 10.2 Å². The van der Waals surface area contributed by atoms with Crippen molar-refractivity contribution in [1.29, 1.82) is 5.26 Å². The Labute approximate surface area is 119 Å². The van der Waals surface area contributed by atoms with Crippen LogP contribution in [0.4, 0.5) is 5.82 Å². The number of nitrogens with zero attached hydrogens (tertiary/aromatic N) is 3. The molecule has 1 aromatic heterocycles. The van der Waals surface area contributed by atoms with Crippen LogP contribution in [-0.2, 0) is 9.53 Å². The number of aromatic nitrogens is 2. The third-order valence-electron chi connectivity index (χ3n) is 3.11. The summed E-state index contributed by atoms with van der Waals surface area (Å²) in [5, 5.41) is 30.5. The smallest absolute Gasteiger partial charge is 0.351 e. The number of nitrogens with one attached hydrogen (secondary N) is 1. The van der Waals surface area contributed by atoms with Crippen molar-refractivity contribution in [3.63, 3.8) is 0 Å². The van der Waals surface area contributed by atoms with E-state index >= 15 is 0 Å². The van der Waals surface area contributed by atoms with Crippen LogP contribution in [0.15, 0.2) is 17.1 Å². The Bertz CT molecular complexity index is 637. The lowest BCUT2D eigenvalue weighted by Gasteiger charge is -2.17. The molecule has 0 saturated carbocycles. The van der Waals surface area contributed by atoms with Crippen LogP contribution in [0, 0.1) is 17.2 Å². The molecule has 3 N–H and O–H groups in total. The number of carbonyl (C=O) groups excluding carboxylic acids is 1. The SMILES string of the molecule is CC(=O)Nc1ccn([C@@H]2O[C@H](CO)[C@@H](C#N)[C@H]2O)c(=O)n1. The second kappa shape index (κ2) is 6.01. The highest BCUT2D eigenvalue weighted by molar-refractivity contribution is 5.87. The summed E-state index contributed by atoms with van der Waals surface area (Å²) in [5.41, 5.74) is -0.749. The van der Waals surface area contributed by atoms with Gasteiger partial charge in [-0.05, 0) is 6.07 Å². The van der Waals surface area contributed by atoms with Crippen LogP contribution >= 0.6 is 0 Å². The normalized spacial score (nSPS) is 28.1. The minimum Gasteiger partial charge on any atom is -0.394 e. The maximum absolute atomic E-state index is 11.9. The standard InChI is InChI=1S/C12H14N4O5/c1-6(18)14-9-2-3-16(12(20)15-9)11-10(19)7(4-13)8(5-17)21-11/h2-3,7-8,10-11,17,19H,5H2,1H3,(H,14,15,18,20)/t7-,8-,10-,11-/m1/s1. The molecular formula is C12H14N4O5. The van der Waals surface area contributed by atoms with Gasteiger partial charge in [0.15, 0.2) is 6.23 Å². The van der Waals surface area contributed by atoms with Crippen LogP contribution in [-0.4, -0.2) is 44.5 Å². The lowest BCUT2D eigenvalue weighted by atomic mass is 10.0. The summed E-state index contributed by atoms with van der Waals surface area (Å²) in [6.45, 7) is 0.832. The van der Waals surface area contributed by atoms with E-state index in [9.17, 15) is 14.7 Å². The average molecular weight is 294 g/mol. The monoisotopic (exact) mass is 294 g/mol. The second-order valence-corrected chi connectivity index (χ2v) is 4.58. The summed E-state index contributed by atoms with van der Waals surface area (Å²) in [7, 11) is 0. The van der Waals surface area contributed by atoms with Gasteiger partial charge in [0.1, 0.15) is 23.9 Å². The molecule has 9 heteroatoms. The zero-order chi connectivity index (χ0) is 15.6. The minimum atomic E-state index is -1.27. The van der Waals surface area contributed by atoms with Crippen LogP contribution in [0.25, 0.3) is 0 Å². The Morgan fingerprint density at radius 3 is 2.86 bits per heavy atom. The zero-order valence-electron chi connectivity index (χ0n) is 11.1. The molecular weight excluding hydrogens is 280 g/mol. The highest BCUT2D eigenvalue weighted by atomic mass is 16.5. The molecule has 0 aromatic carbocycles. The minimum absolute atomic E-state index is 0.0757. The first kappa shape index (κ1) is 15.1. The Morgan fingerprint density at radius 1 is 1.67 bits per heavy atom. The number of carbonyl (C=O) groups is 1. The van der Waals surface area contributed by atoms with E-state index in [1.54, 1.807) is 0 Å². The van der Waals surface area contributed by atoms with Gasteiger partial charge in [-0.3, -0.25) is 9.36 Å². The summed E-state index contributed by atoms with van der Waals surface area (Å²) >= 11 is 0. The van der Waals surface area contributed by atoms with Crippen molar-refractivity contribution in [3.8, 4) is 6.07 Å². The van der Waals surface area contributed by atoms with E-state index in [4.69, 9.17) is 15.1 Å². The van der Waals surface area contributed by atoms with E-state index in [-0.39, 0.29) is 11.7 Å². The molecule has 0 unspecified atom stereocenters. The zero-order valence-corrected chi connectivity index (χ0v) is 11.1. The van der Waals surface area contributed by atoms with Gasteiger partial charge in [-0.25, -0.2) is 4.79 Å². The van der Waals surface area contributed by atoms with Gasteiger partial charge >= 0.3 is 5.69 Å². The fourth-order valence-corrected chi connectivity index (χ4v) is 2.14. The Balaban J connectivity index is 2.29. The quantitative estimate of drug-likeness (QED) is 0.622. The van der Waals surface area contributed by atoms with Crippen molar-refractivity contribution in [3.05, 3.63) is 22.7 Å². The van der Waals surface area contributed by atoms with Gasteiger partial charge in [0, 0.05) is 13.1 Å². The van der Waals surface area contributed by atoms with Crippen molar-refractivity contribution in [2.75, 3.05) is 11.9 Å². The molecule has 112 valence electrons. The molecule has 4 atom stereocenters. The first-order valence-electron chi connectivity index (χ1n) is 6.18. The van der Waals surface area contributed by atoms with Gasteiger partial charge in [0.25, 0.3) is 0 Å². The van der Waals surface area contributed by atoms with E-state index in [2.05, 4.69) is 10.3 Å². The lowest BCUT2D eigenvalue weighted by molar-refractivity contribution is -0.114. The topological polar surface area (TPSA) is 137 Å². The van der Waals surface area contributed by atoms with Crippen LogP contribution in [0.3, 0.4) is 0 Å². The van der Waals surface area contributed by atoms with Crippen LogP contribution in [0.2, 0.25) is 0 Å². The van der Waals surface area contributed by atoms with Gasteiger partial charge in [-0.15, -0.1) is 0 Å². The first-order valence-corrected chi connectivity index (χ1v) is 6.18. The maximum Gasteiger partial charge on any atom is 0.351 e. The summed E-state index contributed by atoms with van der Waals surface area (Å²) in [6.07, 6.45) is -1.96. The number of hydrogen-bond acceptors (Lipinski definition) is 7. The van der Waals surface area contributed by atoms with Crippen molar-refractivity contribution in [2.45, 2.75) is 25.4 Å². The van der Waals surface area contributed by atoms with E-state index in [0.717, 1.165) is 4.57 Å². The van der Waals surface area contributed by atoms with E-state index in [1.165, 1.54) is 19.2 Å². The molecule has 2 rings (SSSR count). The van der Waals surface area contributed by atoms with Crippen molar-refractivity contribution in [1.82, 2.24) is 9.55 Å². The van der Waals surface area contributed by atoms with Gasteiger partial charge in [0.05, 0.1) is 12.7 Å². The van der Waals surface area contributed by atoms with Gasteiger partial charge < -0.3 is 20.3 Å². The van der Waals surface area contributed by atoms with E-state index in [0.29, 0.717) is 0 Å². The van der Waals surface area contributed by atoms with Crippen molar-refractivity contribution < 1.29 is 19.7 Å². The molecule has 1 aromatic rings.